The minimum absolute atomic E-state index is 0.315. The standard InChI is InChI=1S/C19H25ClN2/c1-15(2)9-13-22-12-5-11-21-10-4-8-18(21)19(22)16-6-3-7-17(20)14-16/h3-4,6-8,10,14-15,19H,5,9,11-13H2,1-2H3/t19-/m0/s1. The lowest BCUT2D eigenvalue weighted by atomic mass is 10.0. The molecule has 118 valence electrons. The van der Waals surface area contributed by atoms with Crippen LogP contribution in [0, 0.1) is 5.92 Å². The zero-order valence-electron chi connectivity index (χ0n) is 13.5. The minimum Gasteiger partial charge on any atom is -0.350 e. The molecule has 1 aromatic heterocycles. The largest absolute Gasteiger partial charge is 0.350 e. The summed E-state index contributed by atoms with van der Waals surface area (Å²) < 4.78 is 2.40. The van der Waals surface area contributed by atoms with Gasteiger partial charge in [-0.15, -0.1) is 0 Å². The summed E-state index contributed by atoms with van der Waals surface area (Å²) in [7, 11) is 0. The van der Waals surface area contributed by atoms with Crippen LogP contribution in [0.1, 0.15) is 44.0 Å². The number of fused-ring (bicyclic) bond motifs is 1. The molecule has 0 radical (unpaired) electrons. The Kier molecular flexibility index (Phi) is 4.90. The summed E-state index contributed by atoms with van der Waals surface area (Å²) in [6, 6.07) is 13.1. The molecule has 3 heteroatoms. The van der Waals surface area contributed by atoms with Crippen molar-refractivity contribution in [3.63, 3.8) is 0 Å². The van der Waals surface area contributed by atoms with Crippen molar-refractivity contribution in [2.45, 2.75) is 39.3 Å². The Labute approximate surface area is 138 Å². The van der Waals surface area contributed by atoms with Crippen LogP contribution in [0.25, 0.3) is 0 Å². The summed E-state index contributed by atoms with van der Waals surface area (Å²) in [4.78, 5) is 2.63. The van der Waals surface area contributed by atoms with Crippen LogP contribution in [0.3, 0.4) is 0 Å². The average Bonchev–Trinajstić information content (AvgIpc) is 2.86. The Morgan fingerprint density at radius 2 is 2.05 bits per heavy atom. The molecule has 1 aliphatic rings. The molecule has 0 N–H and O–H groups in total. The molecule has 1 aliphatic heterocycles. The van der Waals surface area contributed by atoms with Gasteiger partial charge >= 0.3 is 0 Å². The Morgan fingerprint density at radius 3 is 2.82 bits per heavy atom. The van der Waals surface area contributed by atoms with Crippen molar-refractivity contribution in [2.24, 2.45) is 5.92 Å². The van der Waals surface area contributed by atoms with E-state index >= 15 is 0 Å². The van der Waals surface area contributed by atoms with Gasteiger partial charge in [-0.25, -0.2) is 0 Å². The van der Waals surface area contributed by atoms with E-state index in [1.807, 2.05) is 6.07 Å². The molecule has 22 heavy (non-hydrogen) atoms. The van der Waals surface area contributed by atoms with Crippen LogP contribution in [0.4, 0.5) is 0 Å². The molecule has 1 aromatic carbocycles. The van der Waals surface area contributed by atoms with Gasteiger partial charge in [0.1, 0.15) is 0 Å². The van der Waals surface area contributed by atoms with Crippen molar-refractivity contribution in [3.8, 4) is 0 Å². The van der Waals surface area contributed by atoms with Crippen LogP contribution in [0.5, 0.6) is 0 Å². The van der Waals surface area contributed by atoms with Crippen molar-refractivity contribution >= 4 is 11.6 Å². The summed E-state index contributed by atoms with van der Waals surface area (Å²) in [5, 5.41) is 0.823. The quantitative estimate of drug-likeness (QED) is 0.772. The third-order valence-electron chi connectivity index (χ3n) is 4.51. The van der Waals surface area contributed by atoms with E-state index in [0.717, 1.165) is 30.6 Å². The Bertz CT molecular complexity index is 617. The Morgan fingerprint density at radius 1 is 1.18 bits per heavy atom. The highest BCUT2D eigenvalue weighted by Gasteiger charge is 2.27. The van der Waals surface area contributed by atoms with Gasteiger partial charge in [-0.1, -0.05) is 37.6 Å². The van der Waals surface area contributed by atoms with Gasteiger partial charge in [-0.3, -0.25) is 4.90 Å². The second-order valence-electron chi connectivity index (χ2n) is 6.66. The highest BCUT2D eigenvalue weighted by atomic mass is 35.5. The first-order chi connectivity index (χ1) is 10.6. The SMILES string of the molecule is CC(C)CCN1CCCn2cccc2[C@@H]1c1cccc(Cl)c1. The number of benzene rings is 1. The molecule has 3 rings (SSSR count). The number of aromatic nitrogens is 1. The van der Waals surface area contributed by atoms with E-state index in [1.165, 1.54) is 24.1 Å². The number of hydrogen-bond acceptors (Lipinski definition) is 1. The summed E-state index contributed by atoms with van der Waals surface area (Å²) in [5.41, 5.74) is 2.70. The van der Waals surface area contributed by atoms with Crippen LogP contribution in [0.15, 0.2) is 42.6 Å². The predicted molar refractivity (Wildman–Crippen MR) is 93.4 cm³/mol. The van der Waals surface area contributed by atoms with E-state index in [0.29, 0.717) is 6.04 Å². The van der Waals surface area contributed by atoms with Gasteiger partial charge in [0.15, 0.2) is 0 Å². The van der Waals surface area contributed by atoms with Crippen molar-refractivity contribution in [1.29, 1.82) is 0 Å². The van der Waals surface area contributed by atoms with Gasteiger partial charge in [-0.05, 0) is 55.1 Å². The summed E-state index contributed by atoms with van der Waals surface area (Å²) in [6.07, 6.45) is 4.65. The molecule has 0 spiro atoms. The second-order valence-corrected chi connectivity index (χ2v) is 7.09. The molecular weight excluding hydrogens is 292 g/mol. The maximum absolute atomic E-state index is 6.26. The number of rotatable bonds is 4. The highest BCUT2D eigenvalue weighted by Crippen LogP contribution is 2.33. The molecule has 2 aromatic rings. The molecule has 2 nitrogen and oxygen atoms in total. The van der Waals surface area contributed by atoms with Gasteiger partial charge in [0.2, 0.25) is 0 Å². The zero-order chi connectivity index (χ0) is 15.5. The third kappa shape index (κ3) is 3.39. The topological polar surface area (TPSA) is 8.17 Å². The lowest BCUT2D eigenvalue weighted by Crippen LogP contribution is -2.31. The number of nitrogens with zero attached hydrogens (tertiary/aromatic N) is 2. The molecule has 2 heterocycles. The first-order valence-electron chi connectivity index (χ1n) is 8.29. The van der Waals surface area contributed by atoms with E-state index in [1.54, 1.807) is 0 Å². The number of halogens is 1. The zero-order valence-corrected chi connectivity index (χ0v) is 14.3. The lowest BCUT2D eigenvalue weighted by molar-refractivity contribution is 0.216. The summed E-state index contributed by atoms with van der Waals surface area (Å²) in [5.74, 6) is 0.732. The predicted octanol–water partition coefficient (Wildman–Crippen LogP) is 4.98. The molecule has 0 saturated carbocycles. The monoisotopic (exact) mass is 316 g/mol. The molecule has 1 atom stereocenters. The third-order valence-corrected chi connectivity index (χ3v) is 4.75. The minimum atomic E-state index is 0.315. The molecule has 0 bridgehead atoms. The van der Waals surface area contributed by atoms with Crippen molar-refractivity contribution in [2.75, 3.05) is 13.1 Å². The highest BCUT2D eigenvalue weighted by molar-refractivity contribution is 6.30. The van der Waals surface area contributed by atoms with Crippen molar-refractivity contribution in [3.05, 3.63) is 58.9 Å². The van der Waals surface area contributed by atoms with Crippen molar-refractivity contribution in [1.82, 2.24) is 9.47 Å². The molecule has 0 aliphatic carbocycles. The van der Waals surface area contributed by atoms with E-state index in [4.69, 9.17) is 11.6 Å². The normalized spacial score (nSPS) is 19.2. The molecular formula is C19H25ClN2. The maximum atomic E-state index is 6.26. The fraction of sp³-hybridized carbons (Fsp3) is 0.474. The van der Waals surface area contributed by atoms with E-state index in [-0.39, 0.29) is 0 Å². The lowest BCUT2D eigenvalue weighted by Gasteiger charge is -2.31. The van der Waals surface area contributed by atoms with Crippen LogP contribution in [0.2, 0.25) is 5.02 Å². The van der Waals surface area contributed by atoms with Crippen LogP contribution < -0.4 is 0 Å². The van der Waals surface area contributed by atoms with Gasteiger partial charge < -0.3 is 4.57 Å². The van der Waals surface area contributed by atoms with Crippen LogP contribution in [-0.2, 0) is 6.54 Å². The first kappa shape index (κ1) is 15.6. The molecule has 0 saturated heterocycles. The van der Waals surface area contributed by atoms with Gasteiger partial charge in [0.05, 0.1) is 6.04 Å². The Balaban J connectivity index is 1.97. The number of hydrogen-bond donors (Lipinski definition) is 0. The molecule has 0 fully saturated rings. The fourth-order valence-electron chi connectivity index (χ4n) is 3.36. The fourth-order valence-corrected chi connectivity index (χ4v) is 3.56. The summed E-state index contributed by atoms with van der Waals surface area (Å²) >= 11 is 6.26. The van der Waals surface area contributed by atoms with Gasteiger partial charge in [-0.2, -0.15) is 0 Å². The van der Waals surface area contributed by atoms with E-state index in [2.05, 4.69) is 59.8 Å². The summed E-state index contributed by atoms with van der Waals surface area (Å²) in [6.45, 7) is 7.99. The van der Waals surface area contributed by atoms with Crippen LogP contribution in [-0.4, -0.2) is 22.6 Å². The second kappa shape index (κ2) is 6.89. The average molecular weight is 317 g/mol. The molecule has 0 unspecified atom stereocenters. The molecule has 0 amide bonds. The first-order valence-corrected chi connectivity index (χ1v) is 8.67. The smallest absolute Gasteiger partial charge is 0.0756 e. The van der Waals surface area contributed by atoms with Gasteiger partial charge in [0, 0.05) is 30.0 Å². The number of aryl methyl sites for hydroxylation is 1. The van der Waals surface area contributed by atoms with E-state index in [9.17, 15) is 0 Å². The van der Waals surface area contributed by atoms with E-state index < -0.39 is 0 Å². The van der Waals surface area contributed by atoms with Crippen LogP contribution >= 0.6 is 11.6 Å². The Hall–Kier alpha value is -1.25. The van der Waals surface area contributed by atoms with Crippen molar-refractivity contribution < 1.29 is 0 Å². The maximum Gasteiger partial charge on any atom is 0.0756 e. The van der Waals surface area contributed by atoms with Gasteiger partial charge in [0.25, 0.3) is 0 Å².